The Labute approximate surface area is 109 Å². The van der Waals surface area contributed by atoms with Crippen molar-refractivity contribution in [3.8, 4) is 5.75 Å². The van der Waals surface area contributed by atoms with Gasteiger partial charge < -0.3 is 9.47 Å². The van der Waals surface area contributed by atoms with Crippen LogP contribution in [0.4, 0.5) is 8.78 Å². The Morgan fingerprint density at radius 2 is 1.63 bits per heavy atom. The molecule has 1 aromatic carbocycles. The van der Waals surface area contributed by atoms with E-state index in [0.717, 1.165) is 6.08 Å². The maximum Gasteiger partial charge on any atom is 0.338 e. The number of carbonyl (C=O) groups is 1. The first-order chi connectivity index (χ1) is 9.00. The smallest absolute Gasteiger partial charge is 0.338 e. The summed E-state index contributed by atoms with van der Waals surface area (Å²) in [5, 5.41) is 0. The number of hydrogen-bond donors (Lipinski definition) is 0. The Morgan fingerprint density at radius 1 is 1.00 bits per heavy atom. The Morgan fingerprint density at radius 3 is 2.16 bits per heavy atom. The van der Waals surface area contributed by atoms with E-state index < -0.39 is 17.3 Å². The zero-order valence-electron chi connectivity index (χ0n) is 10.4. The average molecular weight is 266 g/mol. The molecule has 2 rings (SSSR count). The SMILES string of the molecule is COC1=C(c2ccc(OC)cc2)C(F)(F)C(=O)C=C1. The number of allylic oxidation sites excluding steroid dienone is 3. The lowest BCUT2D eigenvalue weighted by atomic mass is 9.91. The third-order valence-corrected chi connectivity index (χ3v) is 2.85. The number of ether oxygens (including phenoxy) is 2. The van der Waals surface area contributed by atoms with Crippen LogP contribution in [-0.2, 0) is 9.53 Å². The van der Waals surface area contributed by atoms with Gasteiger partial charge in [-0.25, -0.2) is 0 Å². The van der Waals surface area contributed by atoms with Gasteiger partial charge in [-0.05, 0) is 29.8 Å². The zero-order chi connectivity index (χ0) is 14.0. The summed E-state index contributed by atoms with van der Waals surface area (Å²) in [5.41, 5.74) is -0.203. The molecule has 0 heterocycles. The van der Waals surface area contributed by atoms with Gasteiger partial charge in [-0.15, -0.1) is 0 Å². The van der Waals surface area contributed by atoms with E-state index in [1.54, 1.807) is 12.1 Å². The zero-order valence-corrected chi connectivity index (χ0v) is 10.4. The lowest BCUT2D eigenvalue weighted by Gasteiger charge is -2.23. The molecule has 0 radical (unpaired) electrons. The number of hydrogen-bond acceptors (Lipinski definition) is 3. The highest BCUT2D eigenvalue weighted by molar-refractivity contribution is 6.08. The van der Waals surface area contributed by atoms with Crippen LogP contribution in [0.1, 0.15) is 5.56 Å². The van der Waals surface area contributed by atoms with Gasteiger partial charge in [-0.2, -0.15) is 8.78 Å². The first kappa shape index (κ1) is 13.3. The number of carbonyl (C=O) groups excluding carboxylic acids is 1. The van der Waals surface area contributed by atoms with E-state index in [2.05, 4.69) is 0 Å². The minimum Gasteiger partial charge on any atom is -0.497 e. The van der Waals surface area contributed by atoms with Crippen LogP contribution in [0.25, 0.3) is 5.57 Å². The Bertz CT molecular complexity index is 557. The molecule has 1 aromatic rings. The molecular formula is C14H12F2O3. The maximum absolute atomic E-state index is 14.0. The molecule has 0 amide bonds. The van der Waals surface area contributed by atoms with Crippen molar-refractivity contribution in [1.29, 1.82) is 0 Å². The molecular weight excluding hydrogens is 254 g/mol. The van der Waals surface area contributed by atoms with Crippen LogP contribution in [0.3, 0.4) is 0 Å². The summed E-state index contributed by atoms with van der Waals surface area (Å²) in [4.78, 5) is 11.3. The van der Waals surface area contributed by atoms with Crippen molar-refractivity contribution >= 4 is 11.4 Å². The van der Waals surface area contributed by atoms with Gasteiger partial charge in [0.15, 0.2) is 0 Å². The molecule has 0 saturated carbocycles. The molecule has 0 atom stereocenters. The first-order valence-corrected chi connectivity index (χ1v) is 5.54. The van der Waals surface area contributed by atoms with Gasteiger partial charge in [0.05, 0.1) is 19.8 Å². The van der Waals surface area contributed by atoms with E-state index in [1.807, 2.05) is 0 Å². The molecule has 1 aliphatic carbocycles. The van der Waals surface area contributed by atoms with Crippen LogP contribution in [0.15, 0.2) is 42.2 Å². The fourth-order valence-corrected chi connectivity index (χ4v) is 1.87. The van der Waals surface area contributed by atoms with E-state index in [0.29, 0.717) is 5.75 Å². The van der Waals surface area contributed by atoms with E-state index in [1.165, 1.54) is 32.4 Å². The number of methoxy groups -OCH3 is 2. The molecule has 0 bridgehead atoms. The topological polar surface area (TPSA) is 35.5 Å². The van der Waals surface area contributed by atoms with Crippen LogP contribution < -0.4 is 4.74 Å². The third kappa shape index (κ3) is 2.23. The molecule has 1 aliphatic rings. The van der Waals surface area contributed by atoms with Crippen molar-refractivity contribution in [2.45, 2.75) is 5.92 Å². The molecule has 19 heavy (non-hydrogen) atoms. The van der Waals surface area contributed by atoms with E-state index in [-0.39, 0.29) is 11.3 Å². The number of alkyl halides is 2. The molecule has 0 N–H and O–H groups in total. The first-order valence-electron chi connectivity index (χ1n) is 5.54. The number of benzene rings is 1. The van der Waals surface area contributed by atoms with Gasteiger partial charge in [0.2, 0.25) is 5.78 Å². The van der Waals surface area contributed by atoms with Gasteiger partial charge in [0.25, 0.3) is 0 Å². The summed E-state index contributed by atoms with van der Waals surface area (Å²) in [6.07, 6.45) is 2.07. The number of rotatable bonds is 3. The van der Waals surface area contributed by atoms with Crippen LogP contribution in [0, 0.1) is 0 Å². The summed E-state index contributed by atoms with van der Waals surface area (Å²) in [6, 6.07) is 6.03. The fraction of sp³-hybridized carbons (Fsp3) is 0.214. The van der Waals surface area contributed by atoms with E-state index >= 15 is 0 Å². The van der Waals surface area contributed by atoms with Gasteiger partial charge in [-0.1, -0.05) is 12.1 Å². The summed E-state index contributed by atoms with van der Waals surface area (Å²) < 4.78 is 37.9. The van der Waals surface area contributed by atoms with Gasteiger partial charge >= 0.3 is 5.92 Å². The third-order valence-electron chi connectivity index (χ3n) is 2.85. The van der Waals surface area contributed by atoms with Crippen molar-refractivity contribution in [2.75, 3.05) is 14.2 Å². The highest BCUT2D eigenvalue weighted by atomic mass is 19.3. The predicted octanol–water partition coefficient (Wildman–Crippen LogP) is 2.83. The lowest BCUT2D eigenvalue weighted by molar-refractivity contribution is -0.131. The van der Waals surface area contributed by atoms with Crippen molar-refractivity contribution in [3.05, 3.63) is 47.7 Å². The minimum absolute atomic E-state index is 0.0187. The molecule has 0 saturated heterocycles. The fourth-order valence-electron chi connectivity index (χ4n) is 1.87. The second-order valence-electron chi connectivity index (χ2n) is 3.94. The van der Waals surface area contributed by atoms with E-state index in [4.69, 9.17) is 9.47 Å². The predicted molar refractivity (Wildman–Crippen MR) is 66.0 cm³/mol. The van der Waals surface area contributed by atoms with Crippen molar-refractivity contribution in [1.82, 2.24) is 0 Å². The highest BCUT2D eigenvalue weighted by Gasteiger charge is 2.46. The Balaban J connectivity index is 2.56. The van der Waals surface area contributed by atoms with Gasteiger partial charge in [0.1, 0.15) is 11.5 Å². The second kappa shape index (κ2) is 4.84. The Hall–Kier alpha value is -2.17. The molecule has 0 fully saturated rings. The van der Waals surface area contributed by atoms with Crippen LogP contribution in [0.2, 0.25) is 0 Å². The molecule has 5 heteroatoms. The summed E-state index contributed by atoms with van der Waals surface area (Å²) in [6.45, 7) is 0. The summed E-state index contributed by atoms with van der Waals surface area (Å²) >= 11 is 0. The largest absolute Gasteiger partial charge is 0.497 e. The van der Waals surface area contributed by atoms with Gasteiger partial charge in [-0.3, -0.25) is 4.79 Å². The highest BCUT2D eigenvalue weighted by Crippen LogP contribution is 2.39. The van der Waals surface area contributed by atoms with Crippen molar-refractivity contribution < 1.29 is 23.0 Å². The van der Waals surface area contributed by atoms with Crippen molar-refractivity contribution in [2.24, 2.45) is 0 Å². The Kier molecular flexibility index (Phi) is 3.38. The number of halogens is 2. The van der Waals surface area contributed by atoms with Crippen LogP contribution >= 0.6 is 0 Å². The molecule has 3 nitrogen and oxygen atoms in total. The average Bonchev–Trinajstić information content (AvgIpc) is 2.42. The summed E-state index contributed by atoms with van der Waals surface area (Å²) in [7, 11) is 2.77. The van der Waals surface area contributed by atoms with Gasteiger partial charge in [0, 0.05) is 0 Å². The molecule has 0 spiro atoms. The van der Waals surface area contributed by atoms with E-state index in [9.17, 15) is 13.6 Å². The molecule has 0 aromatic heterocycles. The second-order valence-corrected chi connectivity index (χ2v) is 3.94. The van der Waals surface area contributed by atoms with Crippen LogP contribution in [0.5, 0.6) is 5.75 Å². The van der Waals surface area contributed by atoms with Crippen LogP contribution in [-0.4, -0.2) is 25.9 Å². The molecule has 0 aliphatic heterocycles. The van der Waals surface area contributed by atoms with Crippen molar-refractivity contribution in [3.63, 3.8) is 0 Å². The lowest BCUT2D eigenvalue weighted by Crippen LogP contribution is -2.32. The molecule has 0 unspecified atom stereocenters. The summed E-state index contributed by atoms with van der Waals surface area (Å²) in [5.74, 6) is -4.31. The monoisotopic (exact) mass is 266 g/mol. The maximum atomic E-state index is 14.0. The molecule has 100 valence electrons. The standard InChI is InChI=1S/C14H12F2O3/c1-18-10-5-3-9(4-6-10)13-11(19-2)7-8-12(17)14(13,15)16/h3-8H,1-2H3. The quantitative estimate of drug-likeness (QED) is 0.844. The number of ketones is 1. The minimum atomic E-state index is -3.59. The normalized spacial score (nSPS) is 17.6.